The quantitative estimate of drug-likeness (QED) is 0.873. The Morgan fingerprint density at radius 3 is 3.00 bits per heavy atom. The summed E-state index contributed by atoms with van der Waals surface area (Å²) in [6.45, 7) is 11.5. The van der Waals surface area contributed by atoms with Crippen molar-refractivity contribution in [1.29, 1.82) is 0 Å². The Morgan fingerprint density at radius 2 is 2.29 bits per heavy atom. The van der Waals surface area contributed by atoms with E-state index in [1.807, 2.05) is 6.20 Å². The van der Waals surface area contributed by atoms with E-state index >= 15 is 0 Å². The van der Waals surface area contributed by atoms with Crippen molar-refractivity contribution in [1.82, 2.24) is 10.3 Å². The maximum Gasteiger partial charge on any atom is 0.129 e. The van der Waals surface area contributed by atoms with Gasteiger partial charge in [0.15, 0.2) is 0 Å². The van der Waals surface area contributed by atoms with Gasteiger partial charge in [0, 0.05) is 18.8 Å². The lowest BCUT2D eigenvalue weighted by Gasteiger charge is -2.39. The summed E-state index contributed by atoms with van der Waals surface area (Å²) >= 11 is 0. The Morgan fingerprint density at radius 1 is 1.48 bits per heavy atom. The normalized spacial score (nSPS) is 24.1. The maximum atomic E-state index is 5.78. The van der Waals surface area contributed by atoms with Crippen LogP contribution in [0.25, 0.3) is 0 Å². The molecule has 118 valence electrons. The summed E-state index contributed by atoms with van der Waals surface area (Å²) in [5.41, 5.74) is 1.31. The van der Waals surface area contributed by atoms with E-state index in [0.29, 0.717) is 12.1 Å². The van der Waals surface area contributed by atoms with Crippen molar-refractivity contribution in [3.63, 3.8) is 0 Å². The van der Waals surface area contributed by atoms with Gasteiger partial charge in [-0.2, -0.15) is 0 Å². The molecule has 1 N–H and O–H groups in total. The minimum absolute atomic E-state index is 0.272. The molecule has 1 saturated heterocycles. The molecule has 0 spiro atoms. The van der Waals surface area contributed by atoms with E-state index in [0.717, 1.165) is 38.4 Å². The lowest BCUT2D eigenvalue weighted by atomic mass is 10.1. The van der Waals surface area contributed by atoms with Crippen LogP contribution in [0.1, 0.15) is 52.1 Å². The predicted octanol–water partition coefficient (Wildman–Crippen LogP) is 3.15. The summed E-state index contributed by atoms with van der Waals surface area (Å²) in [5, 5.41) is 3.54. The molecule has 0 amide bonds. The monoisotopic (exact) mass is 291 g/mol. The molecule has 1 aliphatic rings. The van der Waals surface area contributed by atoms with Gasteiger partial charge in [-0.3, -0.25) is 0 Å². The number of hydrogen-bond acceptors (Lipinski definition) is 4. The van der Waals surface area contributed by atoms with E-state index in [2.05, 4.69) is 55.0 Å². The van der Waals surface area contributed by atoms with Crippen molar-refractivity contribution in [3.8, 4) is 0 Å². The summed E-state index contributed by atoms with van der Waals surface area (Å²) in [6.07, 6.45) is 4.44. The fourth-order valence-electron chi connectivity index (χ4n) is 2.80. The second-order valence-corrected chi connectivity index (χ2v) is 5.98. The van der Waals surface area contributed by atoms with Crippen molar-refractivity contribution < 1.29 is 4.74 Å². The molecule has 1 aliphatic heterocycles. The fourth-order valence-corrected chi connectivity index (χ4v) is 2.80. The van der Waals surface area contributed by atoms with Gasteiger partial charge in [-0.1, -0.05) is 13.8 Å². The molecule has 0 radical (unpaired) electrons. The minimum atomic E-state index is 0.272. The van der Waals surface area contributed by atoms with Crippen LogP contribution in [-0.2, 0) is 4.74 Å². The van der Waals surface area contributed by atoms with Crippen LogP contribution in [0.15, 0.2) is 18.3 Å². The average molecular weight is 291 g/mol. The number of nitrogens with one attached hydrogen (secondary N) is 1. The number of aromatic nitrogens is 1. The van der Waals surface area contributed by atoms with Gasteiger partial charge in [-0.15, -0.1) is 0 Å². The molecule has 1 aromatic rings. The SMILES string of the molecule is CCCNC(C)c1ccnc(N2CC(C)OCC2CC)c1. The zero-order chi connectivity index (χ0) is 15.2. The van der Waals surface area contributed by atoms with Crippen LogP contribution in [0.5, 0.6) is 0 Å². The summed E-state index contributed by atoms with van der Waals surface area (Å²) in [4.78, 5) is 7.01. The summed E-state index contributed by atoms with van der Waals surface area (Å²) < 4.78 is 5.78. The largest absolute Gasteiger partial charge is 0.375 e. The highest BCUT2D eigenvalue weighted by Crippen LogP contribution is 2.24. The van der Waals surface area contributed by atoms with Crippen LogP contribution < -0.4 is 10.2 Å². The Labute approximate surface area is 128 Å². The standard InChI is InChI=1S/C17H29N3O/c1-5-8-18-14(4)15-7-9-19-17(10-15)20-11-13(3)21-12-16(20)6-2/h7,9-10,13-14,16,18H,5-6,8,11-12H2,1-4H3. The second-order valence-electron chi connectivity index (χ2n) is 5.98. The number of pyridine rings is 1. The van der Waals surface area contributed by atoms with E-state index in [9.17, 15) is 0 Å². The molecule has 3 unspecified atom stereocenters. The zero-order valence-electron chi connectivity index (χ0n) is 13.8. The molecule has 0 saturated carbocycles. The molecule has 0 aromatic carbocycles. The third-order valence-corrected chi connectivity index (χ3v) is 4.20. The lowest BCUT2D eigenvalue weighted by molar-refractivity contribution is 0.0296. The number of ether oxygens (including phenoxy) is 1. The number of morpholine rings is 1. The zero-order valence-corrected chi connectivity index (χ0v) is 13.8. The van der Waals surface area contributed by atoms with Crippen molar-refractivity contribution in [2.45, 2.75) is 58.7 Å². The van der Waals surface area contributed by atoms with Gasteiger partial charge in [0.25, 0.3) is 0 Å². The van der Waals surface area contributed by atoms with Crippen LogP contribution in [0, 0.1) is 0 Å². The molecule has 1 aromatic heterocycles. The topological polar surface area (TPSA) is 37.4 Å². The molecule has 21 heavy (non-hydrogen) atoms. The first kappa shape index (κ1) is 16.2. The second kappa shape index (κ2) is 7.76. The highest BCUT2D eigenvalue weighted by atomic mass is 16.5. The van der Waals surface area contributed by atoms with Gasteiger partial charge in [0.05, 0.1) is 18.8 Å². The Hall–Kier alpha value is -1.13. The number of nitrogens with zero attached hydrogens (tertiary/aromatic N) is 2. The average Bonchev–Trinajstić information content (AvgIpc) is 2.52. The van der Waals surface area contributed by atoms with Gasteiger partial charge in [0.1, 0.15) is 5.82 Å². The number of rotatable bonds is 6. The molecular weight excluding hydrogens is 262 g/mol. The molecular formula is C17H29N3O. The molecule has 4 heteroatoms. The van der Waals surface area contributed by atoms with E-state index < -0.39 is 0 Å². The van der Waals surface area contributed by atoms with Gasteiger partial charge in [-0.05, 0) is 50.9 Å². The number of anilines is 1. The molecule has 2 rings (SSSR count). The van der Waals surface area contributed by atoms with Crippen molar-refractivity contribution in [2.24, 2.45) is 0 Å². The fraction of sp³-hybridized carbons (Fsp3) is 0.706. The van der Waals surface area contributed by atoms with Gasteiger partial charge >= 0.3 is 0 Å². The van der Waals surface area contributed by atoms with E-state index in [1.165, 1.54) is 5.56 Å². The van der Waals surface area contributed by atoms with Gasteiger partial charge < -0.3 is 15.0 Å². The highest BCUT2D eigenvalue weighted by molar-refractivity contribution is 5.43. The predicted molar refractivity (Wildman–Crippen MR) is 87.8 cm³/mol. The Bertz CT molecular complexity index is 438. The summed E-state index contributed by atoms with van der Waals surface area (Å²) in [6, 6.07) is 5.14. The molecule has 0 bridgehead atoms. The smallest absolute Gasteiger partial charge is 0.129 e. The van der Waals surface area contributed by atoms with Crippen LogP contribution in [0.3, 0.4) is 0 Å². The van der Waals surface area contributed by atoms with Crippen LogP contribution >= 0.6 is 0 Å². The molecule has 2 heterocycles. The molecule has 3 atom stereocenters. The third kappa shape index (κ3) is 4.17. The molecule has 0 aliphatic carbocycles. The summed E-state index contributed by atoms with van der Waals surface area (Å²) in [5.74, 6) is 1.08. The van der Waals surface area contributed by atoms with Gasteiger partial charge in [-0.25, -0.2) is 4.98 Å². The molecule has 4 nitrogen and oxygen atoms in total. The van der Waals surface area contributed by atoms with Crippen LogP contribution in [0.2, 0.25) is 0 Å². The maximum absolute atomic E-state index is 5.78. The van der Waals surface area contributed by atoms with E-state index in [-0.39, 0.29) is 6.10 Å². The molecule has 1 fully saturated rings. The van der Waals surface area contributed by atoms with E-state index in [4.69, 9.17) is 4.74 Å². The number of hydrogen-bond donors (Lipinski definition) is 1. The van der Waals surface area contributed by atoms with Crippen molar-refractivity contribution >= 4 is 5.82 Å². The first-order valence-corrected chi connectivity index (χ1v) is 8.23. The van der Waals surface area contributed by atoms with Crippen LogP contribution in [-0.4, -0.2) is 36.8 Å². The Kier molecular flexibility index (Phi) is 6.00. The first-order valence-electron chi connectivity index (χ1n) is 8.23. The van der Waals surface area contributed by atoms with Crippen LogP contribution in [0.4, 0.5) is 5.82 Å². The highest BCUT2D eigenvalue weighted by Gasteiger charge is 2.26. The first-order chi connectivity index (χ1) is 10.2. The third-order valence-electron chi connectivity index (χ3n) is 4.20. The lowest BCUT2D eigenvalue weighted by Crippen LogP contribution is -2.49. The Balaban J connectivity index is 2.15. The van der Waals surface area contributed by atoms with Crippen molar-refractivity contribution in [3.05, 3.63) is 23.9 Å². The van der Waals surface area contributed by atoms with E-state index in [1.54, 1.807) is 0 Å². The van der Waals surface area contributed by atoms with Gasteiger partial charge in [0.2, 0.25) is 0 Å². The van der Waals surface area contributed by atoms with Crippen molar-refractivity contribution in [2.75, 3.05) is 24.6 Å². The minimum Gasteiger partial charge on any atom is -0.375 e. The summed E-state index contributed by atoms with van der Waals surface area (Å²) in [7, 11) is 0.